The zero-order valence-electron chi connectivity index (χ0n) is 17.1. The Labute approximate surface area is 171 Å². The molecule has 0 aromatic heterocycles. The molecule has 0 saturated heterocycles. The van der Waals surface area contributed by atoms with Crippen molar-refractivity contribution in [2.75, 3.05) is 25.1 Å². The summed E-state index contributed by atoms with van der Waals surface area (Å²) in [5, 5.41) is 2.67. The quantitative estimate of drug-likeness (QED) is 0.476. The molecule has 0 bridgehead atoms. The van der Waals surface area contributed by atoms with Gasteiger partial charge in [-0.2, -0.15) is 0 Å². The van der Waals surface area contributed by atoms with E-state index in [1.807, 2.05) is 39.0 Å². The molecule has 2 aromatic rings. The predicted molar refractivity (Wildman–Crippen MR) is 113 cm³/mol. The monoisotopic (exact) mass is 397 g/mol. The number of nitrogens with one attached hydrogen (secondary N) is 1. The lowest BCUT2D eigenvalue weighted by Gasteiger charge is -2.12. The van der Waals surface area contributed by atoms with Crippen LogP contribution < -0.4 is 14.8 Å². The summed E-state index contributed by atoms with van der Waals surface area (Å²) in [4.78, 5) is 23.8. The van der Waals surface area contributed by atoms with Gasteiger partial charge in [0.15, 0.2) is 18.1 Å². The molecule has 29 heavy (non-hydrogen) atoms. The molecule has 6 heteroatoms. The number of rotatable bonds is 10. The number of carbonyl (C=O) groups is 2. The van der Waals surface area contributed by atoms with Crippen molar-refractivity contribution in [3.8, 4) is 11.5 Å². The van der Waals surface area contributed by atoms with Crippen molar-refractivity contribution in [1.82, 2.24) is 0 Å². The molecule has 0 radical (unpaired) electrons. The van der Waals surface area contributed by atoms with Crippen LogP contribution in [0.25, 0.3) is 6.08 Å². The Morgan fingerprint density at radius 2 is 1.76 bits per heavy atom. The van der Waals surface area contributed by atoms with Gasteiger partial charge in [-0.3, -0.25) is 4.79 Å². The molecule has 1 N–H and O–H groups in total. The molecule has 2 aromatic carbocycles. The maximum absolute atomic E-state index is 11.9. The Hall–Kier alpha value is -3.28. The average Bonchev–Trinajstić information content (AvgIpc) is 2.72. The number of aryl methyl sites for hydroxylation is 1. The molecule has 154 valence electrons. The second kappa shape index (κ2) is 11.5. The number of hydrogen-bond donors (Lipinski definition) is 1. The largest absolute Gasteiger partial charge is 0.490 e. The number of carbonyl (C=O) groups excluding carboxylic acids is 2. The Morgan fingerprint density at radius 1 is 1.00 bits per heavy atom. The summed E-state index contributed by atoms with van der Waals surface area (Å²) in [5.74, 6) is 0.287. The molecule has 0 saturated carbocycles. The van der Waals surface area contributed by atoms with Gasteiger partial charge >= 0.3 is 5.97 Å². The van der Waals surface area contributed by atoms with Crippen LogP contribution >= 0.6 is 0 Å². The number of ether oxygens (including phenoxy) is 3. The van der Waals surface area contributed by atoms with Crippen molar-refractivity contribution in [2.45, 2.75) is 27.2 Å². The van der Waals surface area contributed by atoms with Crippen LogP contribution in [-0.4, -0.2) is 31.7 Å². The second-order valence-corrected chi connectivity index (χ2v) is 6.34. The molecule has 0 spiro atoms. The fourth-order valence-corrected chi connectivity index (χ4v) is 2.41. The molecule has 0 heterocycles. The number of amides is 1. The Balaban J connectivity index is 1.88. The lowest BCUT2D eigenvalue weighted by atomic mass is 10.2. The molecular formula is C23H27NO5. The average molecular weight is 397 g/mol. The highest BCUT2D eigenvalue weighted by Gasteiger charge is 2.07. The van der Waals surface area contributed by atoms with E-state index in [0.717, 1.165) is 17.5 Å². The van der Waals surface area contributed by atoms with Crippen molar-refractivity contribution in [2.24, 2.45) is 0 Å². The van der Waals surface area contributed by atoms with Crippen molar-refractivity contribution < 1.29 is 23.8 Å². The highest BCUT2D eigenvalue weighted by Crippen LogP contribution is 2.29. The molecule has 0 unspecified atom stereocenters. The Morgan fingerprint density at radius 3 is 2.45 bits per heavy atom. The Bertz CT molecular complexity index is 843. The van der Waals surface area contributed by atoms with Crippen LogP contribution in [-0.2, 0) is 14.3 Å². The van der Waals surface area contributed by atoms with E-state index in [0.29, 0.717) is 30.4 Å². The van der Waals surface area contributed by atoms with Crippen LogP contribution in [0.15, 0.2) is 48.5 Å². The van der Waals surface area contributed by atoms with Gasteiger partial charge in [0.25, 0.3) is 5.91 Å². The molecule has 0 aliphatic heterocycles. The minimum atomic E-state index is -0.603. The van der Waals surface area contributed by atoms with E-state index in [1.54, 1.807) is 30.3 Å². The topological polar surface area (TPSA) is 73.9 Å². The molecule has 0 aliphatic carbocycles. The molecular weight excluding hydrogens is 370 g/mol. The maximum atomic E-state index is 11.9. The summed E-state index contributed by atoms with van der Waals surface area (Å²) in [7, 11) is 0. The van der Waals surface area contributed by atoms with Crippen molar-refractivity contribution >= 4 is 23.6 Å². The van der Waals surface area contributed by atoms with Gasteiger partial charge in [-0.15, -0.1) is 0 Å². The molecule has 0 atom stereocenters. The van der Waals surface area contributed by atoms with Gasteiger partial charge in [0.1, 0.15) is 0 Å². The maximum Gasteiger partial charge on any atom is 0.331 e. The fraction of sp³-hybridized carbons (Fsp3) is 0.304. The summed E-state index contributed by atoms with van der Waals surface area (Å²) in [6.07, 6.45) is 3.78. The highest BCUT2D eigenvalue weighted by molar-refractivity contribution is 5.94. The van der Waals surface area contributed by atoms with E-state index in [9.17, 15) is 9.59 Å². The van der Waals surface area contributed by atoms with Gasteiger partial charge in [0, 0.05) is 11.8 Å². The van der Waals surface area contributed by atoms with Crippen LogP contribution in [0.3, 0.4) is 0 Å². The van der Waals surface area contributed by atoms with Crippen molar-refractivity contribution in [1.29, 1.82) is 0 Å². The minimum absolute atomic E-state index is 0.356. The van der Waals surface area contributed by atoms with E-state index in [4.69, 9.17) is 14.2 Å². The number of hydrogen-bond acceptors (Lipinski definition) is 5. The molecule has 0 fully saturated rings. The van der Waals surface area contributed by atoms with Crippen molar-refractivity contribution in [3.63, 3.8) is 0 Å². The van der Waals surface area contributed by atoms with Crippen LogP contribution in [0.4, 0.5) is 5.69 Å². The van der Waals surface area contributed by atoms with E-state index in [-0.39, 0.29) is 6.61 Å². The third-order valence-corrected chi connectivity index (χ3v) is 3.82. The summed E-state index contributed by atoms with van der Waals surface area (Å²) >= 11 is 0. The van der Waals surface area contributed by atoms with E-state index >= 15 is 0 Å². The zero-order chi connectivity index (χ0) is 21.1. The first-order chi connectivity index (χ1) is 14.0. The second-order valence-electron chi connectivity index (χ2n) is 6.34. The van der Waals surface area contributed by atoms with Gasteiger partial charge in [0.2, 0.25) is 0 Å². The fourth-order valence-electron chi connectivity index (χ4n) is 2.41. The van der Waals surface area contributed by atoms with Crippen LogP contribution in [0.2, 0.25) is 0 Å². The van der Waals surface area contributed by atoms with Gasteiger partial charge in [-0.25, -0.2) is 4.79 Å². The lowest BCUT2D eigenvalue weighted by molar-refractivity contribution is -0.142. The first kappa shape index (κ1) is 22.0. The smallest absolute Gasteiger partial charge is 0.331 e. The van der Waals surface area contributed by atoms with E-state index in [1.165, 1.54) is 6.08 Å². The van der Waals surface area contributed by atoms with Crippen LogP contribution in [0.5, 0.6) is 11.5 Å². The molecule has 1 amide bonds. The standard InChI is InChI=1S/C23H27NO5/c1-4-14-28-20-12-8-18(15-21(20)27-5-2)9-13-23(26)29-16-22(25)24-19-10-6-17(3)7-11-19/h6-13,15H,4-5,14,16H2,1-3H3,(H,24,25)/b13-9+. The summed E-state index contributed by atoms with van der Waals surface area (Å²) in [6, 6.07) is 12.8. The SMILES string of the molecule is CCCOc1ccc(/C=C/C(=O)OCC(=O)Nc2ccc(C)cc2)cc1OCC. The van der Waals surface area contributed by atoms with Gasteiger partial charge in [-0.1, -0.05) is 30.7 Å². The number of anilines is 1. The first-order valence-corrected chi connectivity index (χ1v) is 9.62. The number of benzene rings is 2. The summed E-state index contributed by atoms with van der Waals surface area (Å²) < 4.78 is 16.2. The van der Waals surface area contributed by atoms with E-state index < -0.39 is 11.9 Å². The van der Waals surface area contributed by atoms with Crippen molar-refractivity contribution in [3.05, 3.63) is 59.7 Å². The predicted octanol–water partition coefficient (Wildman–Crippen LogP) is 4.38. The first-order valence-electron chi connectivity index (χ1n) is 9.62. The Kier molecular flexibility index (Phi) is 8.76. The molecule has 2 rings (SSSR count). The summed E-state index contributed by atoms with van der Waals surface area (Å²) in [6.45, 7) is 6.64. The molecule has 6 nitrogen and oxygen atoms in total. The third-order valence-electron chi connectivity index (χ3n) is 3.82. The van der Waals surface area contributed by atoms with Crippen LogP contribution in [0.1, 0.15) is 31.4 Å². The lowest BCUT2D eigenvalue weighted by Crippen LogP contribution is -2.20. The molecule has 0 aliphatic rings. The van der Waals surface area contributed by atoms with Crippen LogP contribution in [0, 0.1) is 6.92 Å². The number of esters is 1. The minimum Gasteiger partial charge on any atom is -0.490 e. The normalized spacial score (nSPS) is 10.6. The highest BCUT2D eigenvalue weighted by atomic mass is 16.5. The third kappa shape index (κ3) is 7.70. The zero-order valence-corrected chi connectivity index (χ0v) is 17.1. The summed E-state index contributed by atoms with van der Waals surface area (Å²) in [5.41, 5.74) is 2.51. The van der Waals surface area contributed by atoms with Gasteiger partial charge in [0.05, 0.1) is 13.2 Å². The van der Waals surface area contributed by atoms with E-state index in [2.05, 4.69) is 5.32 Å². The van der Waals surface area contributed by atoms with Gasteiger partial charge < -0.3 is 19.5 Å². The van der Waals surface area contributed by atoms with Gasteiger partial charge in [-0.05, 0) is 56.2 Å².